The van der Waals surface area contributed by atoms with Crippen molar-refractivity contribution in [2.75, 3.05) is 46.2 Å². The summed E-state index contributed by atoms with van der Waals surface area (Å²) in [7, 11) is 3.16. The van der Waals surface area contributed by atoms with E-state index in [-0.39, 0.29) is 11.7 Å². The van der Waals surface area contributed by atoms with Crippen molar-refractivity contribution in [3.63, 3.8) is 0 Å². The first-order valence-corrected chi connectivity index (χ1v) is 12.2. The normalized spacial score (nSPS) is 14.5. The molecule has 0 atom stereocenters. The van der Waals surface area contributed by atoms with E-state index in [9.17, 15) is 4.79 Å². The Labute approximate surface area is 199 Å². The number of rotatable bonds is 8. The number of thioether (sulfide) groups is 1. The number of hydrogen-bond acceptors (Lipinski definition) is 9. The van der Waals surface area contributed by atoms with Crippen molar-refractivity contribution in [1.82, 2.24) is 20.0 Å². The highest BCUT2D eigenvalue weighted by Gasteiger charge is 2.22. The van der Waals surface area contributed by atoms with E-state index in [2.05, 4.69) is 21.2 Å². The van der Waals surface area contributed by atoms with Gasteiger partial charge in [0.1, 0.15) is 11.5 Å². The Morgan fingerprint density at radius 1 is 1.16 bits per heavy atom. The Hall–Kier alpha value is -2.27. The maximum absolute atomic E-state index is 12.6. The third kappa shape index (κ3) is 5.55. The topological polar surface area (TPSA) is 80.9 Å². The highest BCUT2D eigenvalue weighted by atomic mass is 35.5. The van der Waals surface area contributed by atoms with E-state index in [1.165, 1.54) is 16.6 Å². The molecule has 32 heavy (non-hydrogen) atoms. The zero-order valence-corrected chi connectivity index (χ0v) is 20.1. The molecule has 1 saturated heterocycles. The van der Waals surface area contributed by atoms with Crippen LogP contribution in [0.1, 0.15) is 4.88 Å². The van der Waals surface area contributed by atoms with Gasteiger partial charge in [0.05, 0.1) is 29.9 Å². The molecule has 0 bridgehead atoms. The Morgan fingerprint density at radius 3 is 2.66 bits per heavy atom. The Bertz CT molecular complexity index is 1070. The van der Waals surface area contributed by atoms with Gasteiger partial charge in [-0.15, -0.1) is 21.5 Å². The zero-order chi connectivity index (χ0) is 22.5. The average Bonchev–Trinajstić information content (AvgIpc) is 3.46. The number of methoxy groups -OCH3 is 2. The quantitative estimate of drug-likeness (QED) is 0.436. The van der Waals surface area contributed by atoms with E-state index in [1.54, 1.807) is 43.8 Å². The molecule has 1 amide bonds. The first-order valence-electron chi connectivity index (χ1n) is 9.98. The highest BCUT2D eigenvalue weighted by Crippen LogP contribution is 2.33. The number of piperazine rings is 1. The van der Waals surface area contributed by atoms with Crippen molar-refractivity contribution < 1.29 is 18.7 Å². The standard InChI is InChI=1S/C21H23ClN4O4S2/c1-28-14-3-5-16(17(11-14)29-2)20-23-24-21(30-20)31-13-19(27)26-9-7-25(8-10-26)12-15-4-6-18(22)32-15/h3-6,11H,7-10,12-13H2,1-2H3. The minimum absolute atomic E-state index is 0.0654. The van der Waals surface area contributed by atoms with Gasteiger partial charge in [-0.25, -0.2) is 0 Å². The number of hydrogen-bond donors (Lipinski definition) is 0. The molecule has 11 heteroatoms. The SMILES string of the molecule is COc1ccc(-c2nnc(SCC(=O)N3CCN(Cc4ccc(Cl)s4)CC3)o2)c(OC)c1. The summed E-state index contributed by atoms with van der Waals surface area (Å²) in [5.41, 5.74) is 0.669. The number of halogens is 1. The van der Waals surface area contributed by atoms with Gasteiger partial charge in [0.15, 0.2) is 0 Å². The molecule has 170 valence electrons. The van der Waals surface area contributed by atoms with Crippen LogP contribution in [0.2, 0.25) is 4.34 Å². The van der Waals surface area contributed by atoms with E-state index >= 15 is 0 Å². The summed E-state index contributed by atoms with van der Waals surface area (Å²) in [6.07, 6.45) is 0. The smallest absolute Gasteiger partial charge is 0.277 e. The van der Waals surface area contributed by atoms with E-state index in [0.717, 1.165) is 24.0 Å². The van der Waals surface area contributed by atoms with Crippen molar-refractivity contribution in [2.45, 2.75) is 11.8 Å². The van der Waals surface area contributed by atoms with Crippen LogP contribution in [0.4, 0.5) is 0 Å². The van der Waals surface area contributed by atoms with Gasteiger partial charge in [0.2, 0.25) is 5.91 Å². The Kier molecular flexibility index (Phi) is 7.56. The van der Waals surface area contributed by atoms with E-state index in [0.29, 0.717) is 41.3 Å². The van der Waals surface area contributed by atoms with Crippen molar-refractivity contribution in [2.24, 2.45) is 0 Å². The van der Waals surface area contributed by atoms with Crippen LogP contribution in [-0.2, 0) is 11.3 Å². The van der Waals surface area contributed by atoms with Crippen LogP contribution in [0.15, 0.2) is 40.0 Å². The summed E-state index contributed by atoms with van der Waals surface area (Å²) >= 11 is 8.85. The molecule has 3 aromatic rings. The zero-order valence-electron chi connectivity index (χ0n) is 17.7. The molecule has 0 radical (unpaired) electrons. The lowest BCUT2D eigenvalue weighted by atomic mass is 10.2. The maximum Gasteiger partial charge on any atom is 0.277 e. The molecule has 3 heterocycles. The molecule has 0 saturated carbocycles. The largest absolute Gasteiger partial charge is 0.497 e. The maximum atomic E-state index is 12.6. The molecular formula is C21H23ClN4O4S2. The lowest BCUT2D eigenvalue weighted by Gasteiger charge is -2.34. The van der Waals surface area contributed by atoms with E-state index in [4.69, 9.17) is 25.5 Å². The van der Waals surface area contributed by atoms with Crippen molar-refractivity contribution in [3.05, 3.63) is 39.5 Å². The summed E-state index contributed by atoms with van der Waals surface area (Å²) in [4.78, 5) is 18.1. The predicted molar refractivity (Wildman–Crippen MR) is 125 cm³/mol. The Morgan fingerprint density at radius 2 is 1.97 bits per heavy atom. The highest BCUT2D eigenvalue weighted by molar-refractivity contribution is 7.99. The van der Waals surface area contributed by atoms with Gasteiger partial charge >= 0.3 is 0 Å². The first-order chi connectivity index (χ1) is 15.6. The molecule has 0 unspecified atom stereocenters. The molecule has 8 nitrogen and oxygen atoms in total. The van der Waals surface area contributed by atoms with Gasteiger partial charge in [0.25, 0.3) is 11.1 Å². The molecule has 1 aromatic carbocycles. The third-order valence-electron chi connectivity index (χ3n) is 5.10. The third-order valence-corrected chi connectivity index (χ3v) is 7.12. The fourth-order valence-corrected chi connectivity index (χ4v) is 5.18. The molecule has 0 spiro atoms. The van der Waals surface area contributed by atoms with Crippen LogP contribution < -0.4 is 9.47 Å². The molecular weight excluding hydrogens is 472 g/mol. The minimum Gasteiger partial charge on any atom is -0.497 e. The molecule has 0 N–H and O–H groups in total. The van der Waals surface area contributed by atoms with Gasteiger partial charge in [-0.1, -0.05) is 23.4 Å². The number of amides is 1. The molecule has 1 fully saturated rings. The second-order valence-corrected chi connectivity index (χ2v) is 9.82. The molecule has 0 aliphatic carbocycles. The second kappa shape index (κ2) is 10.6. The van der Waals surface area contributed by atoms with Crippen LogP contribution in [-0.4, -0.2) is 72.1 Å². The van der Waals surface area contributed by atoms with Gasteiger partial charge in [0, 0.05) is 43.7 Å². The van der Waals surface area contributed by atoms with Gasteiger partial charge < -0.3 is 18.8 Å². The number of thiophene rings is 1. The molecule has 4 rings (SSSR count). The first kappa shape index (κ1) is 22.9. The van der Waals surface area contributed by atoms with Crippen LogP contribution in [0.25, 0.3) is 11.5 Å². The Balaban J connectivity index is 1.28. The number of carbonyl (C=O) groups excluding carboxylic acids is 1. The summed E-state index contributed by atoms with van der Waals surface area (Å²) in [6.45, 7) is 3.96. The van der Waals surface area contributed by atoms with Gasteiger partial charge in [-0.2, -0.15) is 0 Å². The number of aromatic nitrogens is 2. The summed E-state index contributed by atoms with van der Waals surface area (Å²) < 4.78 is 17.1. The second-order valence-electron chi connectivity index (χ2n) is 7.09. The van der Waals surface area contributed by atoms with Crippen LogP contribution in [0.3, 0.4) is 0 Å². The van der Waals surface area contributed by atoms with E-state index in [1.807, 2.05) is 11.0 Å². The van der Waals surface area contributed by atoms with Crippen molar-refractivity contribution in [1.29, 1.82) is 0 Å². The lowest BCUT2D eigenvalue weighted by Crippen LogP contribution is -2.48. The molecule has 1 aliphatic rings. The number of carbonyl (C=O) groups is 1. The molecule has 1 aliphatic heterocycles. The van der Waals surface area contributed by atoms with Crippen molar-refractivity contribution in [3.8, 4) is 23.0 Å². The predicted octanol–water partition coefficient (Wildman–Crippen LogP) is 3.91. The van der Waals surface area contributed by atoms with Gasteiger partial charge in [-0.3, -0.25) is 9.69 Å². The number of benzene rings is 1. The summed E-state index contributed by atoms with van der Waals surface area (Å²) in [5.74, 6) is 1.90. The summed E-state index contributed by atoms with van der Waals surface area (Å²) in [6, 6.07) is 9.33. The number of ether oxygens (including phenoxy) is 2. The van der Waals surface area contributed by atoms with Crippen LogP contribution in [0, 0.1) is 0 Å². The lowest BCUT2D eigenvalue weighted by molar-refractivity contribution is -0.130. The van der Waals surface area contributed by atoms with Crippen LogP contribution >= 0.6 is 34.7 Å². The monoisotopic (exact) mass is 494 g/mol. The van der Waals surface area contributed by atoms with Crippen LogP contribution in [0.5, 0.6) is 11.5 Å². The fourth-order valence-electron chi connectivity index (χ4n) is 3.38. The summed E-state index contributed by atoms with van der Waals surface area (Å²) in [5, 5.41) is 8.50. The van der Waals surface area contributed by atoms with Crippen molar-refractivity contribution >= 4 is 40.6 Å². The van der Waals surface area contributed by atoms with E-state index < -0.39 is 0 Å². The fraction of sp³-hybridized carbons (Fsp3) is 0.381. The average molecular weight is 495 g/mol. The van der Waals surface area contributed by atoms with Gasteiger partial charge in [-0.05, 0) is 24.3 Å². The number of nitrogens with zero attached hydrogens (tertiary/aromatic N) is 4. The molecule has 2 aromatic heterocycles. The minimum atomic E-state index is 0.0654.